The molecule has 4 heteroatoms. The first-order chi connectivity index (χ1) is 5.07. The molecule has 0 saturated carbocycles. The summed E-state index contributed by atoms with van der Waals surface area (Å²) >= 11 is 0. The zero-order valence-corrected chi connectivity index (χ0v) is 6.63. The average molecular weight is 158 g/mol. The van der Waals surface area contributed by atoms with Crippen LogP contribution in [0.3, 0.4) is 0 Å². The van der Waals surface area contributed by atoms with Crippen molar-refractivity contribution < 1.29 is 14.7 Å². The molecule has 11 heavy (non-hydrogen) atoms. The lowest BCUT2D eigenvalue weighted by Gasteiger charge is -2.12. The predicted octanol–water partition coefficient (Wildman–Crippen LogP) is -0.205. The fourth-order valence-corrected chi connectivity index (χ4v) is 0.611. The number of carbonyl (C=O) groups excluding carboxylic acids is 1. The monoisotopic (exact) mass is 158 g/mol. The fourth-order valence-electron chi connectivity index (χ4n) is 0.611. The fraction of sp³-hybridized carbons (Fsp3) is 0.714. The highest BCUT2D eigenvalue weighted by atomic mass is 16.4. The first-order valence-corrected chi connectivity index (χ1v) is 3.40. The Hall–Kier alpha value is -0.900. The van der Waals surface area contributed by atoms with Gasteiger partial charge in [-0.15, -0.1) is 0 Å². The highest BCUT2D eigenvalue weighted by molar-refractivity contribution is 5.70. The van der Waals surface area contributed by atoms with Crippen LogP contribution >= 0.6 is 0 Å². The number of carbonyl (C=O) groups is 1. The number of hydrogen-bond acceptors (Lipinski definition) is 3. The van der Waals surface area contributed by atoms with E-state index in [-0.39, 0.29) is 12.5 Å². The van der Waals surface area contributed by atoms with Gasteiger partial charge in [0.1, 0.15) is 0 Å². The minimum atomic E-state index is -0.967. The molecule has 0 unspecified atom stereocenters. The van der Waals surface area contributed by atoms with Crippen LogP contribution in [0.15, 0.2) is 0 Å². The number of carboxylic acids is 1. The van der Waals surface area contributed by atoms with Crippen molar-refractivity contribution in [1.82, 2.24) is 5.32 Å². The summed E-state index contributed by atoms with van der Waals surface area (Å²) in [5, 5.41) is 10.8. The molecule has 0 saturated heterocycles. The van der Waals surface area contributed by atoms with E-state index in [2.05, 4.69) is 5.32 Å². The van der Waals surface area contributed by atoms with Crippen molar-refractivity contribution in [2.75, 3.05) is 6.54 Å². The van der Waals surface area contributed by atoms with Gasteiger partial charge in [-0.2, -0.15) is 0 Å². The van der Waals surface area contributed by atoms with Crippen molar-refractivity contribution in [1.29, 1.82) is 0 Å². The molecule has 4 nitrogen and oxygen atoms in total. The summed E-state index contributed by atoms with van der Waals surface area (Å²) in [7, 11) is 0. The number of carboxylic acid groups (broad SMARTS) is 1. The van der Waals surface area contributed by atoms with Crippen LogP contribution in [-0.4, -0.2) is 29.9 Å². The van der Waals surface area contributed by atoms with Crippen LogP contribution in [0.1, 0.15) is 13.8 Å². The van der Waals surface area contributed by atoms with Gasteiger partial charge in [-0.25, -0.2) is 0 Å². The molecule has 0 spiro atoms. The maximum absolute atomic E-state index is 10.2. The van der Waals surface area contributed by atoms with Crippen molar-refractivity contribution in [3.8, 4) is 0 Å². The summed E-state index contributed by atoms with van der Waals surface area (Å²) in [4.78, 5) is 20.2. The van der Waals surface area contributed by atoms with Gasteiger partial charge in [-0.05, 0) is 5.92 Å². The highest BCUT2D eigenvalue weighted by Crippen LogP contribution is 1.96. The molecule has 0 fully saturated rings. The molecule has 0 aliphatic carbocycles. The molecule has 0 aromatic rings. The van der Waals surface area contributed by atoms with Crippen LogP contribution in [0.4, 0.5) is 0 Å². The van der Waals surface area contributed by atoms with Gasteiger partial charge in [0, 0.05) is 0 Å². The van der Waals surface area contributed by atoms with Gasteiger partial charge < -0.3 is 5.11 Å². The zero-order valence-electron chi connectivity index (χ0n) is 6.63. The topological polar surface area (TPSA) is 66.4 Å². The largest absolute Gasteiger partial charge is 0.480 e. The van der Waals surface area contributed by atoms with Gasteiger partial charge in [0.2, 0.25) is 6.29 Å². The molecule has 0 heterocycles. The Balaban J connectivity index is 3.69. The minimum absolute atomic E-state index is 0.0758. The molecule has 0 aliphatic heterocycles. The maximum atomic E-state index is 10.2. The molecule has 0 bridgehead atoms. The minimum Gasteiger partial charge on any atom is -0.480 e. The first kappa shape index (κ1) is 10.1. The third kappa shape index (κ3) is 4.50. The van der Waals surface area contributed by atoms with Crippen molar-refractivity contribution in [3.05, 3.63) is 0 Å². The van der Waals surface area contributed by atoms with Crippen molar-refractivity contribution >= 4 is 12.3 Å². The number of nitrogens with one attached hydrogen (secondary N) is 1. The molecule has 0 aromatic carbocycles. The number of aliphatic carboxylic acids is 1. The van der Waals surface area contributed by atoms with E-state index in [9.17, 15) is 9.59 Å². The summed E-state index contributed by atoms with van der Waals surface area (Å²) < 4.78 is 0. The lowest BCUT2D eigenvalue weighted by Crippen LogP contribution is -2.38. The molecular weight excluding hydrogens is 146 g/mol. The normalized spacial score (nSPS) is 13.0. The van der Waals surface area contributed by atoms with Crippen molar-refractivity contribution in [2.45, 2.75) is 19.9 Å². The second kappa shape index (κ2) is 4.85. The molecule has 1 atom stereocenters. The maximum Gasteiger partial charge on any atom is 0.317 e. The van der Waals surface area contributed by atoms with Gasteiger partial charge in [0.05, 0.1) is 12.6 Å². The molecule has 0 aromatic heterocycles. The smallest absolute Gasteiger partial charge is 0.317 e. The van der Waals surface area contributed by atoms with Gasteiger partial charge >= 0.3 is 5.97 Å². The first-order valence-electron chi connectivity index (χ1n) is 3.40. The SMILES string of the molecule is CC(C)[C@@H]([C]=O)NCC(=O)O. The standard InChI is InChI=1S/C7H12NO3/c1-5(2)6(4-9)8-3-7(10)11/h5-6,8H,3H2,1-2H3,(H,10,11)/t6-/m1/s1. The summed E-state index contributed by atoms with van der Waals surface area (Å²) in [6.45, 7) is 3.45. The van der Waals surface area contributed by atoms with E-state index in [0.29, 0.717) is 0 Å². The van der Waals surface area contributed by atoms with E-state index in [4.69, 9.17) is 5.11 Å². The third-order valence-electron chi connectivity index (χ3n) is 1.27. The Labute approximate surface area is 65.6 Å². The molecule has 2 N–H and O–H groups in total. The van der Waals surface area contributed by atoms with E-state index in [1.54, 1.807) is 6.29 Å². The Kier molecular flexibility index (Phi) is 4.45. The van der Waals surface area contributed by atoms with Crippen molar-refractivity contribution in [2.24, 2.45) is 5.92 Å². The van der Waals surface area contributed by atoms with Crippen LogP contribution in [0.5, 0.6) is 0 Å². The highest BCUT2D eigenvalue weighted by Gasteiger charge is 2.12. The predicted molar refractivity (Wildman–Crippen MR) is 40.0 cm³/mol. The Bertz CT molecular complexity index is 145. The van der Waals surface area contributed by atoms with E-state index in [1.165, 1.54) is 0 Å². The van der Waals surface area contributed by atoms with Crippen LogP contribution in [0.25, 0.3) is 0 Å². The quantitative estimate of drug-likeness (QED) is 0.581. The van der Waals surface area contributed by atoms with Crippen LogP contribution in [0.2, 0.25) is 0 Å². The Morgan fingerprint density at radius 3 is 2.45 bits per heavy atom. The van der Waals surface area contributed by atoms with Gasteiger partial charge in [0.25, 0.3) is 0 Å². The van der Waals surface area contributed by atoms with Gasteiger partial charge in [-0.1, -0.05) is 13.8 Å². The molecule has 63 valence electrons. The lowest BCUT2D eigenvalue weighted by atomic mass is 10.1. The van der Waals surface area contributed by atoms with E-state index < -0.39 is 12.0 Å². The zero-order chi connectivity index (χ0) is 8.85. The van der Waals surface area contributed by atoms with Crippen LogP contribution < -0.4 is 5.32 Å². The van der Waals surface area contributed by atoms with E-state index in [0.717, 1.165) is 0 Å². The number of rotatable bonds is 5. The lowest BCUT2D eigenvalue weighted by molar-refractivity contribution is -0.136. The van der Waals surface area contributed by atoms with Gasteiger partial charge in [-0.3, -0.25) is 14.9 Å². The molecule has 0 amide bonds. The van der Waals surface area contributed by atoms with E-state index >= 15 is 0 Å². The van der Waals surface area contributed by atoms with Crippen molar-refractivity contribution in [3.63, 3.8) is 0 Å². The molecule has 0 rings (SSSR count). The third-order valence-corrected chi connectivity index (χ3v) is 1.27. The molecule has 0 aliphatic rings. The second-order valence-corrected chi connectivity index (χ2v) is 2.61. The van der Waals surface area contributed by atoms with Crippen LogP contribution in [-0.2, 0) is 9.59 Å². The Morgan fingerprint density at radius 2 is 2.18 bits per heavy atom. The molecule has 1 radical (unpaired) electrons. The van der Waals surface area contributed by atoms with Crippen LogP contribution in [0, 0.1) is 5.92 Å². The van der Waals surface area contributed by atoms with E-state index in [1.807, 2.05) is 13.8 Å². The Morgan fingerprint density at radius 1 is 1.64 bits per heavy atom. The van der Waals surface area contributed by atoms with Gasteiger partial charge in [0.15, 0.2) is 0 Å². The second-order valence-electron chi connectivity index (χ2n) is 2.61. The summed E-state index contributed by atoms with van der Waals surface area (Å²) in [6.07, 6.45) is 1.73. The average Bonchev–Trinajstić information content (AvgIpc) is 1.87. The molecular formula is C7H12NO3. The summed E-state index contributed by atoms with van der Waals surface area (Å²) in [5.41, 5.74) is 0. The summed E-state index contributed by atoms with van der Waals surface area (Å²) in [6, 6.07) is -0.480. The summed E-state index contributed by atoms with van der Waals surface area (Å²) in [5.74, 6) is -0.891. The number of hydrogen-bond donors (Lipinski definition) is 2.